The molecule has 1 aromatic heterocycles. The molecule has 1 saturated heterocycles. The van der Waals surface area contributed by atoms with Gasteiger partial charge in [0.25, 0.3) is 0 Å². The van der Waals surface area contributed by atoms with Crippen molar-refractivity contribution in [1.29, 1.82) is 5.26 Å². The lowest BCUT2D eigenvalue weighted by atomic mass is 9.82. The Labute approximate surface area is 164 Å². The van der Waals surface area contributed by atoms with Gasteiger partial charge in [0.15, 0.2) is 0 Å². The molecular weight excluding hydrogens is 386 g/mol. The third-order valence-electron chi connectivity index (χ3n) is 4.87. The van der Waals surface area contributed by atoms with Crippen molar-refractivity contribution in [2.75, 3.05) is 4.90 Å². The summed E-state index contributed by atoms with van der Waals surface area (Å²) in [5, 5.41) is 9.57. The third-order valence-corrected chi connectivity index (χ3v) is 6.50. The fraction of sp³-hybridized carbons (Fsp3) is 0.211. The molecule has 3 heterocycles. The number of furan rings is 1. The number of nitriles is 1. The minimum absolute atomic E-state index is 0.241. The zero-order valence-electron chi connectivity index (χ0n) is 14.2. The molecule has 0 spiro atoms. The van der Waals surface area contributed by atoms with Gasteiger partial charge in [-0.3, -0.25) is 9.59 Å². The number of anilines is 1. The maximum Gasteiger partial charge on any atom is 0.248 e. The molecular formula is C19H14ClN3O3S. The third kappa shape index (κ3) is 2.64. The zero-order chi connectivity index (χ0) is 19.3. The van der Waals surface area contributed by atoms with Crippen LogP contribution in [0.3, 0.4) is 0 Å². The van der Waals surface area contributed by atoms with Crippen LogP contribution < -0.4 is 10.6 Å². The van der Waals surface area contributed by atoms with Crippen molar-refractivity contribution in [3.63, 3.8) is 0 Å². The number of carbonyl (C=O) groups is 2. The first-order valence-corrected chi connectivity index (χ1v) is 9.43. The average molecular weight is 400 g/mol. The Bertz CT molecular complexity index is 1030. The first-order valence-electron chi connectivity index (χ1n) is 8.17. The van der Waals surface area contributed by atoms with E-state index in [9.17, 15) is 14.9 Å². The number of amides is 2. The SMILES string of the molecule is Cc1ccc(N2C(=O)[C@H]3[C@@H](SC(N)=C(C#N)[C@H]3c3ccco3)C2=O)cc1Cl. The standard InChI is InChI=1S/C19H14ClN3O3S/c1-9-4-5-10(7-12(9)20)23-18(24)15-14(13-3-2-6-26-13)11(8-21)17(22)27-16(15)19(23)25/h2-7,14-16H,22H2,1H3/t14-,15+,16+/m0/s1. The summed E-state index contributed by atoms with van der Waals surface area (Å²) in [5.41, 5.74) is 7.56. The van der Waals surface area contributed by atoms with Crippen LogP contribution in [0.5, 0.6) is 0 Å². The van der Waals surface area contributed by atoms with Crippen molar-refractivity contribution in [2.24, 2.45) is 11.7 Å². The van der Waals surface area contributed by atoms with E-state index in [-0.39, 0.29) is 22.4 Å². The number of hydrogen-bond acceptors (Lipinski definition) is 6. The number of carbonyl (C=O) groups excluding carboxylic acids is 2. The molecule has 8 heteroatoms. The minimum Gasteiger partial charge on any atom is -0.469 e. The Hall–Kier alpha value is -2.69. The molecule has 27 heavy (non-hydrogen) atoms. The number of fused-ring (bicyclic) bond motifs is 1. The fourth-order valence-corrected chi connectivity index (χ4v) is 4.90. The van der Waals surface area contributed by atoms with Crippen molar-refractivity contribution in [2.45, 2.75) is 18.1 Å². The molecule has 0 bridgehead atoms. The van der Waals surface area contributed by atoms with Crippen LogP contribution in [0.1, 0.15) is 17.2 Å². The van der Waals surface area contributed by atoms with Gasteiger partial charge in [0.2, 0.25) is 11.8 Å². The number of allylic oxidation sites excluding steroid dienone is 1. The fourth-order valence-electron chi connectivity index (χ4n) is 3.53. The summed E-state index contributed by atoms with van der Waals surface area (Å²) >= 11 is 7.23. The average Bonchev–Trinajstić information content (AvgIpc) is 3.25. The lowest BCUT2D eigenvalue weighted by Gasteiger charge is -2.28. The van der Waals surface area contributed by atoms with Crippen LogP contribution in [-0.4, -0.2) is 17.1 Å². The van der Waals surface area contributed by atoms with Crippen LogP contribution in [0, 0.1) is 24.2 Å². The molecule has 1 aromatic carbocycles. The van der Waals surface area contributed by atoms with Crippen LogP contribution in [0.2, 0.25) is 5.02 Å². The van der Waals surface area contributed by atoms with Gasteiger partial charge in [-0.05, 0) is 36.8 Å². The van der Waals surface area contributed by atoms with E-state index >= 15 is 0 Å². The second-order valence-corrected chi connectivity index (χ2v) is 7.98. The van der Waals surface area contributed by atoms with E-state index in [2.05, 4.69) is 6.07 Å². The van der Waals surface area contributed by atoms with E-state index in [1.54, 1.807) is 30.3 Å². The van der Waals surface area contributed by atoms with Gasteiger partial charge < -0.3 is 10.2 Å². The molecule has 2 N–H and O–H groups in total. The van der Waals surface area contributed by atoms with E-state index in [1.165, 1.54) is 6.26 Å². The summed E-state index contributed by atoms with van der Waals surface area (Å²) in [6, 6.07) is 10.5. The van der Waals surface area contributed by atoms with Gasteiger partial charge in [-0.1, -0.05) is 29.4 Å². The number of aryl methyl sites for hydroxylation is 1. The van der Waals surface area contributed by atoms with Crippen LogP contribution in [-0.2, 0) is 9.59 Å². The van der Waals surface area contributed by atoms with Gasteiger partial charge in [-0.25, -0.2) is 4.90 Å². The second-order valence-electron chi connectivity index (χ2n) is 6.39. The van der Waals surface area contributed by atoms with Gasteiger partial charge in [0.1, 0.15) is 11.0 Å². The van der Waals surface area contributed by atoms with Crippen LogP contribution in [0.4, 0.5) is 5.69 Å². The number of rotatable bonds is 2. The lowest BCUT2D eigenvalue weighted by Crippen LogP contribution is -2.33. The van der Waals surface area contributed by atoms with Crippen LogP contribution >= 0.6 is 23.4 Å². The molecule has 0 aliphatic carbocycles. The summed E-state index contributed by atoms with van der Waals surface area (Å²) in [6.07, 6.45) is 1.47. The monoisotopic (exact) mass is 399 g/mol. The minimum atomic E-state index is -0.768. The normalized spacial score (nSPS) is 24.9. The quantitative estimate of drug-likeness (QED) is 0.777. The summed E-state index contributed by atoms with van der Waals surface area (Å²) in [4.78, 5) is 27.4. The maximum atomic E-state index is 13.3. The van der Waals surface area contributed by atoms with Gasteiger partial charge in [-0.2, -0.15) is 5.26 Å². The van der Waals surface area contributed by atoms with E-state index in [1.807, 2.05) is 6.92 Å². The molecule has 4 rings (SSSR count). The highest BCUT2D eigenvalue weighted by Crippen LogP contribution is 2.51. The Balaban J connectivity index is 1.82. The Kier molecular flexibility index (Phi) is 4.25. The smallest absolute Gasteiger partial charge is 0.248 e. The molecule has 0 saturated carbocycles. The number of imide groups is 1. The van der Waals surface area contributed by atoms with Crippen molar-refractivity contribution < 1.29 is 14.0 Å². The number of thioether (sulfide) groups is 1. The Morgan fingerprint density at radius 2 is 2.07 bits per heavy atom. The number of hydrogen-bond donors (Lipinski definition) is 1. The maximum absolute atomic E-state index is 13.3. The molecule has 1 fully saturated rings. The molecule has 2 aromatic rings. The van der Waals surface area contributed by atoms with Gasteiger partial charge in [0, 0.05) is 5.02 Å². The van der Waals surface area contributed by atoms with Crippen molar-refractivity contribution in [3.8, 4) is 6.07 Å². The molecule has 6 nitrogen and oxygen atoms in total. The van der Waals surface area contributed by atoms with Gasteiger partial charge >= 0.3 is 0 Å². The van der Waals surface area contributed by atoms with Crippen LogP contribution in [0.15, 0.2) is 51.6 Å². The van der Waals surface area contributed by atoms with Crippen LogP contribution in [0.25, 0.3) is 0 Å². The lowest BCUT2D eigenvalue weighted by molar-refractivity contribution is -0.122. The summed E-state index contributed by atoms with van der Waals surface area (Å²) < 4.78 is 5.47. The summed E-state index contributed by atoms with van der Waals surface area (Å²) in [5.74, 6) is -1.78. The summed E-state index contributed by atoms with van der Waals surface area (Å²) in [7, 11) is 0. The predicted octanol–water partition coefficient (Wildman–Crippen LogP) is 3.32. The first-order chi connectivity index (χ1) is 12.9. The largest absolute Gasteiger partial charge is 0.469 e. The van der Waals surface area contributed by atoms with Crippen molar-refractivity contribution in [3.05, 3.63) is 63.5 Å². The molecule has 2 aliphatic rings. The molecule has 136 valence electrons. The molecule has 0 radical (unpaired) electrons. The number of halogens is 1. The van der Waals surface area contributed by atoms with E-state index < -0.39 is 17.1 Å². The van der Waals surface area contributed by atoms with Gasteiger partial charge in [0.05, 0.1) is 40.5 Å². The van der Waals surface area contributed by atoms with E-state index in [4.69, 9.17) is 21.8 Å². The molecule has 0 unspecified atom stereocenters. The first kappa shape index (κ1) is 17.7. The van der Waals surface area contributed by atoms with E-state index in [0.29, 0.717) is 16.5 Å². The van der Waals surface area contributed by atoms with Gasteiger partial charge in [-0.15, -0.1) is 0 Å². The second kappa shape index (κ2) is 6.48. The number of nitrogens with two attached hydrogens (primary N) is 1. The predicted molar refractivity (Wildman–Crippen MR) is 102 cm³/mol. The Morgan fingerprint density at radius 1 is 1.30 bits per heavy atom. The topological polar surface area (TPSA) is 100 Å². The zero-order valence-corrected chi connectivity index (χ0v) is 15.8. The highest BCUT2D eigenvalue weighted by molar-refractivity contribution is 8.04. The molecule has 3 atom stereocenters. The highest BCUT2D eigenvalue weighted by Gasteiger charge is 2.56. The Morgan fingerprint density at radius 3 is 2.70 bits per heavy atom. The number of nitrogens with zero attached hydrogens (tertiary/aromatic N) is 2. The van der Waals surface area contributed by atoms with Crippen molar-refractivity contribution >= 4 is 40.9 Å². The van der Waals surface area contributed by atoms with Crippen molar-refractivity contribution in [1.82, 2.24) is 0 Å². The van der Waals surface area contributed by atoms with E-state index in [0.717, 1.165) is 22.2 Å². The summed E-state index contributed by atoms with van der Waals surface area (Å²) in [6.45, 7) is 1.84. The number of benzene rings is 1. The molecule has 2 aliphatic heterocycles. The molecule has 2 amide bonds. The highest BCUT2D eigenvalue weighted by atomic mass is 35.5.